The molecule has 0 aromatic carbocycles. The van der Waals surface area contributed by atoms with Gasteiger partial charge in [-0.05, 0) is 18.6 Å². The molecular weight excluding hydrogens is 258 g/mol. The number of hydrogen-bond acceptors (Lipinski definition) is 2. The summed E-state index contributed by atoms with van der Waals surface area (Å²) in [5, 5.41) is 0. The highest BCUT2D eigenvalue weighted by Crippen LogP contribution is 2.08. The maximum Gasteiger partial charge on any atom is 0.0887 e. The molecule has 0 radical (unpaired) electrons. The molecule has 0 N–H and O–H groups in total. The van der Waals surface area contributed by atoms with Crippen molar-refractivity contribution < 1.29 is 4.74 Å². The van der Waals surface area contributed by atoms with E-state index in [9.17, 15) is 0 Å². The van der Waals surface area contributed by atoms with E-state index in [1.54, 1.807) is 0 Å². The highest BCUT2D eigenvalue weighted by molar-refractivity contribution is 5.85. The summed E-state index contributed by atoms with van der Waals surface area (Å²) < 4.78 is 5.60. The molecule has 19 heavy (non-hydrogen) atoms. The molecule has 0 fully saturated rings. The molecule has 0 unspecified atom stereocenters. The molecule has 1 aromatic heterocycles. The van der Waals surface area contributed by atoms with Crippen LogP contribution in [-0.4, -0.2) is 11.6 Å². The van der Waals surface area contributed by atoms with Crippen LogP contribution in [0.5, 0.6) is 0 Å². The second-order valence-corrected chi connectivity index (χ2v) is 4.85. The topological polar surface area (TPSA) is 22.1 Å². The van der Waals surface area contributed by atoms with Crippen molar-refractivity contribution in [2.75, 3.05) is 6.61 Å². The summed E-state index contributed by atoms with van der Waals surface area (Å²) in [6.07, 6.45) is 12.6. The molecule has 0 aliphatic rings. The quantitative estimate of drug-likeness (QED) is 0.524. The molecule has 0 atom stereocenters. The van der Waals surface area contributed by atoms with E-state index in [4.69, 9.17) is 4.74 Å². The summed E-state index contributed by atoms with van der Waals surface area (Å²) in [7, 11) is 0. The van der Waals surface area contributed by atoms with Crippen molar-refractivity contribution in [2.24, 2.45) is 0 Å². The number of aromatic nitrogens is 1. The first-order valence-corrected chi connectivity index (χ1v) is 7.41. The van der Waals surface area contributed by atoms with Crippen molar-refractivity contribution in [1.82, 2.24) is 4.98 Å². The number of rotatable bonds is 11. The SMILES string of the molecule is CCCCCCCCCCOCc1ccccn1.Cl. The second-order valence-electron chi connectivity index (χ2n) is 4.85. The maximum absolute atomic E-state index is 5.60. The Kier molecular flexibility index (Phi) is 13.4. The van der Waals surface area contributed by atoms with Gasteiger partial charge < -0.3 is 4.74 Å². The summed E-state index contributed by atoms with van der Waals surface area (Å²) in [5.41, 5.74) is 1.03. The van der Waals surface area contributed by atoms with Gasteiger partial charge in [-0.1, -0.05) is 57.9 Å². The lowest BCUT2D eigenvalue weighted by molar-refractivity contribution is 0.114. The minimum Gasteiger partial charge on any atom is -0.375 e. The van der Waals surface area contributed by atoms with Gasteiger partial charge in [0.1, 0.15) is 0 Å². The van der Waals surface area contributed by atoms with Crippen molar-refractivity contribution >= 4 is 12.4 Å². The molecular formula is C16H28ClNO. The third-order valence-corrected chi connectivity index (χ3v) is 3.12. The highest BCUT2D eigenvalue weighted by atomic mass is 35.5. The van der Waals surface area contributed by atoms with E-state index in [0.717, 1.165) is 12.3 Å². The van der Waals surface area contributed by atoms with Crippen LogP contribution in [0.2, 0.25) is 0 Å². The maximum atomic E-state index is 5.60. The Labute approximate surface area is 124 Å². The number of ether oxygens (including phenoxy) is 1. The fourth-order valence-electron chi connectivity index (χ4n) is 2.00. The van der Waals surface area contributed by atoms with Gasteiger partial charge >= 0.3 is 0 Å². The first-order valence-electron chi connectivity index (χ1n) is 7.41. The molecule has 1 heterocycles. The predicted molar refractivity (Wildman–Crippen MR) is 83.8 cm³/mol. The number of nitrogens with zero attached hydrogens (tertiary/aromatic N) is 1. The van der Waals surface area contributed by atoms with Gasteiger partial charge in [0, 0.05) is 12.8 Å². The van der Waals surface area contributed by atoms with Crippen LogP contribution in [0.15, 0.2) is 24.4 Å². The standard InChI is InChI=1S/C16H27NO.ClH/c1-2-3-4-5-6-7-8-11-14-18-15-16-12-9-10-13-17-16;/h9-10,12-13H,2-8,11,14-15H2,1H3;1H. The molecule has 1 rings (SSSR count). The van der Waals surface area contributed by atoms with Crippen LogP contribution in [-0.2, 0) is 11.3 Å². The van der Waals surface area contributed by atoms with Crippen LogP contribution in [0.25, 0.3) is 0 Å². The van der Waals surface area contributed by atoms with E-state index in [2.05, 4.69) is 11.9 Å². The minimum absolute atomic E-state index is 0. The van der Waals surface area contributed by atoms with E-state index >= 15 is 0 Å². The smallest absolute Gasteiger partial charge is 0.0887 e. The van der Waals surface area contributed by atoms with Gasteiger partial charge in [0.25, 0.3) is 0 Å². The van der Waals surface area contributed by atoms with E-state index < -0.39 is 0 Å². The van der Waals surface area contributed by atoms with Gasteiger partial charge in [0.15, 0.2) is 0 Å². The zero-order valence-electron chi connectivity index (χ0n) is 12.1. The van der Waals surface area contributed by atoms with E-state index in [0.29, 0.717) is 6.61 Å². The Hall–Kier alpha value is -0.600. The number of hydrogen-bond donors (Lipinski definition) is 0. The van der Waals surface area contributed by atoms with E-state index in [1.165, 1.54) is 51.4 Å². The zero-order valence-corrected chi connectivity index (χ0v) is 13.0. The van der Waals surface area contributed by atoms with Gasteiger partial charge in [-0.25, -0.2) is 0 Å². The average molecular weight is 286 g/mol. The van der Waals surface area contributed by atoms with Crippen molar-refractivity contribution in [3.63, 3.8) is 0 Å². The van der Waals surface area contributed by atoms with Gasteiger partial charge in [0.05, 0.1) is 12.3 Å². The van der Waals surface area contributed by atoms with Crippen LogP contribution in [0.1, 0.15) is 64.0 Å². The zero-order chi connectivity index (χ0) is 12.9. The summed E-state index contributed by atoms with van der Waals surface area (Å²) in [4.78, 5) is 4.23. The fourth-order valence-corrected chi connectivity index (χ4v) is 2.00. The largest absolute Gasteiger partial charge is 0.375 e. The summed E-state index contributed by atoms with van der Waals surface area (Å²) in [6, 6.07) is 5.94. The summed E-state index contributed by atoms with van der Waals surface area (Å²) in [6.45, 7) is 3.78. The van der Waals surface area contributed by atoms with E-state index in [-0.39, 0.29) is 12.4 Å². The van der Waals surface area contributed by atoms with Crippen molar-refractivity contribution in [3.8, 4) is 0 Å². The van der Waals surface area contributed by atoms with Crippen LogP contribution in [0.3, 0.4) is 0 Å². The first kappa shape index (κ1) is 18.4. The number of halogens is 1. The number of pyridine rings is 1. The van der Waals surface area contributed by atoms with Gasteiger partial charge in [-0.15, -0.1) is 12.4 Å². The van der Waals surface area contributed by atoms with Crippen LogP contribution in [0.4, 0.5) is 0 Å². The Balaban J connectivity index is 0.00000324. The lowest BCUT2D eigenvalue weighted by atomic mass is 10.1. The van der Waals surface area contributed by atoms with Crippen molar-refractivity contribution in [2.45, 2.75) is 64.9 Å². The molecule has 3 heteroatoms. The Bertz CT molecular complexity index is 279. The molecule has 0 saturated heterocycles. The van der Waals surface area contributed by atoms with Crippen LogP contribution < -0.4 is 0 Å². The molecule has 0 aliphatic heterocycles. The number of unbranched alkanes of at least 4 members (excludes halogenated alkanes) is 7. The van der Waals surface area contributed by atoms with Gasteiger partial charge in [-0.3, -0.25) is 4.98 Å². The Morgan fingerprint density at radius 3 is 2.26 bits per heavy atom. The Morgan fingerprint density at radius 2 is 1.63 bits per heavy atom. The molecule has 0 bridgehead atoms. The molecule has 0 aliphatic carbocycles. The van der Waals surface area contributed by atoms with Gasteiger partial charge in [0.2, 0.25) is 0 Å². The van der Waals surface area contributed by atoms with Gasteiger partial charge in [-0.2, -0.15) is 0 Å². The van der Waals surface area contributed by atoms with Crippen molar-refractivity contribution in [3.05, 3.63) is 30.1 Å². The third kappa shape index (κ3) is 11.0. The second kappa shape index (κ2) is 13.8. The fraction of sp³-hybridized carbons (Fsp3) is 0.688. The monoisotopic (exact) mass is 285 g/mol. The lowest BCUT2D eigenvalue weighted by Crippen LogP contribution is -1.97. The highest BCUT2D eigenvalue weighted by Gasteiger charge is 1.94. The molecule has 0 amide bonds. The Morgan fingerprint density at radius 1 is 0.947 bits per heavy atom. The molecule has 1 aromatic rings. The van der Waals surface area contributed by atoms with Crippen LogP contribution in [0, 0.1) is 0 Å². The minimum atomic E-state index is 0. The molecule has 0 spiro atoms. The predicted octanol–water partition coefficient (Wildman–Crippen LogP) is 5.16. The third-order valence-electron chi connectivity index (χ3n) is 3.12. The normalized spacial score (nSPS) is 10.2. The first-order chi connectivity index (χ1) is 8.93. The van der Waals surface area contributed by atoms with Crippen LogP contribution >= 0.6 is 12.4 Å². The molecule has 0 saturated carbocycles. The van der Waals surface area contributed by atoms with Crippen molar-refractivity contribution in [1.29, 1.82) is 0 Å². The molecule has 110 valence electrons. The van der Waals surface area contributed by atoms with E-state index in [1.807, 2.05) is 24.4 Å². The molecule has 2 nitrogen and oxygen atoms in total. The average Bonchev–Trinajstić information content (AvgIpc) is 2.42. The summed E-state index contributed by atoms with van der Waals surface area (Å²) >= 11 is 0. The lowest BCUT2D eigenvalue weighted by Gasteiger charge is -2.04. The summed E-state index contributed by atoms with van der Waals surface area (Å²) in [5.74, 6) is 0.